The zero-order valence-corrected chi connectivity index (χ0v) is 17.8. The molecule has 0 bridgehead atoms. The van der Waals surface area contributed by atoms with E-state index in [4.69, 9.17) is 0 Å². The van der Waals surface area contributed by atoms with E-state index in [0.717, 1.165) is 0 Å². The van der Waals surface area contributed by atoms with Crippen LogP contribution in [-0.4, -0.2) is 43.4 Å². The second-order valence-electron chi connectivity index (χ2n) is 7.57. The summed E-state index contributed by atoms with van der Waals surface area (Å²) in [5.41, 5.74) is 0.426. The molecule has 0 atom stereocenters. The molecular weight excluding hydrogens is 363 g/mol. The maximum Gasteiger partial charge on any atom is 0.233 e. The first-order valence-corrected chi connectivity index (χ1v) is 10.3. The van der Waals surface area contributed by atoms with Crippen molar-refractivity contribution in [3.05, 3.63) is 30.1 Å². The van der Waals surface area contributed by atoms with Gasteiger partial charge in [-0.05, 0) is 45.7 Å². The molecule has 1 heterocycles. The van der Waals surface area contributed by atoms with E-state index in [1.165, 1.54) is 17.8 Å². The number of nitrogens with zero attached hydrogens (tertiary/aromatic N) is 4. The summed E-state index contributed by atoms with van der Waals surface area (Å²) in [6.45, 7) is 12.9. The second kappa shape index (κ2) is 9.35. The van der Waals surface area contributed by atoms with Crippen molar-refractivity contribution in [3.63, 3.8) is 0 Å². The van der Waals surface area contributed by atoms with E-state index >= 15 is 0 Å². The van der Waals surface area contributed by atoms with Crippen LogP contribution < -0.4 is 0 Å². The molecule has 0 aliphatic rings. The number of hydrogen-bond donors (Lipinski definition) is 0. The number of benzene rings is 1. The van der Waals surface area contributed by atoms with Crippen molar-refractivity contribution in [2.75, 3.05) is 5.75 Å². The van der Waals surface area contributed by atoms with Crippen molar-refractivity contribution in [2.24, 2.45) is 5.92 Å². The summed E-state index contributed by atoms with van der Waals surface area (Å²) >= 11 is 1.36. The molecule has 0 unspecified atom stereocenters. The normalized spacial score (nSPS) is 11.6. The number of hydrogen-bond acceptors (Lipinski definition) is 4. The summed E-state index contributed by atoms with van der Waals surface area (Å²) < 4.78 is 16.2. The molecule has 1 aromatic carbocycles. The van der Waals surface area contributed by atoms with Gasteiger partial charge in [0.05, 0.1) is 11.3 Å². The van der Waals surface area contributed by atoms with Crippen molar-refractivity contribution < 1.29 is 9.18 Å². The number of carbonyl (C=O) groups excluding carboxylic acids is 1. The Labute approximate surface area is 165 Å². The van der Waals surface area contributed by atoms with Gasteiger partial charge in [-0.1, -0.05) is 37.7 Å². The van der Waals surface area contributed by atoms with Crippen LogP contribution in [-0.2, 0) is 11.3 Å². The lowest BCUT2D eigenvalue weighted by Gasteiger charge is -2.30. The molecule has 0 N–H and O–H groups in total. The van der Waals surface area contributed by atoms with Crippen molar-refractivity contribution in [1.82, 2.24) is 19.7 Å². The Morgan fingerprint density at radius 3 is 2.30 bits per heavy atom. The standard InChI is InChI=1S/C20H29FN4OS/c1-13(2)11-24-19(16-9-7-8-10-17(16)21)22-23-20(24)27-12-18(26)25(14(3)4)15(5)6/h7-10,13-15H,11-12H2,1-6H3. The molecule has 0 aliphatic heterocycles. The minimum absolute atomic E-state index is 0.0662. The van der Waals surface area contributed by atoms with Gasteiger partial charge in [-0.2, -0.15) is 0 Å². The Morgan fingerprint density at radius 1 is 1.11 bits per heavy atom. The molecule has 0 saturated carbocycles. The summed E-state index contributed by atoms with van der Waals surface area (Å²) in [6, 6.07) is 6.84. The molecule has 0 spiro atoms. The van der Waals surface area contributed by atoms with Crippen LogP contribution in [0.5, 0.6) is 0 Å². The Balaban J connectivity index is 2.27. The Bertz CT molecular complexity index is 765. The van der Waals surface area contributed by atoms with Gasteiger partial charge in [-0.3, -0.25) is 4.79 Å². The molecule has 2 rings (SSSR count). The Hall–Kier alpha value is -1.89. The van der Waals surface area contributed by atoms with Crippen molar-refractivity contribution in [2.45, 2.75) is 65.3 Å². The first-order chi connectivity index (χ1) is 12.7. The molecule has 27 heavy (non-hydrogen) atoms. The minimum Gasteiger partial charge on any atom is -0.337 e. The highest BCUT2D eigenvalue weighted by Crippen LogP contribution is 2.27. The van der Waals surface area contributed by atoms with E-state index in [0.29, 0.717) is 29.0 Å². The lowest BCUT2D eigenvalue weighted by atomic mass is 10.2. The molecule has 7 heteroatoms. The average Bonchev–Trinajstić information content (AvgIpc) is 2.94. The van der Waals surface area contributed by atoms with Gasteiger partial charge >= 0.3 is 0 Å². The fraction of sp³-hybridized carbons (Fsp3) is 0.550. The van der Waals surface area contributed by atoms with Crippen molar-refractivity contribution in [3.8, 4) is 11.4 Å². The van der Waals surface area contributed by atoms with Crippen LogP contribution in [0.4, 0.5) is 4.39 Å². The molecule has 0 fully saturated rings. The van der Waals surface area contributed by atoms with Gasteiger partial charge in [-0.15, -0.1) is 10.2 Å². The smallest absolute Gasteiger partial charge is 0.233 e. The van der Waals surface area contributed by atoms with Crippen LogP contribution in [0.2, 0.25) is 0 Å². The van der Waals surface area contributed by atoms with Gasteiger partial charge in [0.1, 0.15) is 5.82 Å². The van der Waals surface area contributed by atoms with Crippen LogP contribution in [0.3, 0.4) is 0 Å². The minimum atomic E-state index is -0.326. The topological polar surface area (TPSA) is 51.0 Å². The Morgan fingerprint density at radius 2 is 1.74 bits per heavy atom. The third-order valence-electron chi connectivity index (χ3n) is 4.10. The van der Waals surface area contributed by atoms with Crippen LogP contribution in [0.1, 0.15) is 41.5 Å². The molecule has 148 valence electrons. The van der Waals surface area contributed by atoms with Gasteiger partial charge in [0, 0.05) is 18.6 Å². The molecule has 2 aromatic rings. The predicted molar refractivity (Wildman–Crippen MR) is 108 cm³/mol. The quantitative estimate of drug-likeness (QED) is 0.622. The van der Waals surface area contributed by atoms with E-state index < -0.39 is 0 Å². The highest BCUT2D eigenvalue weighted by molar-refractivity contribution is 7.99. The first-order valence-electron chi connectivity index (χ1n) is 9.34. The largest absolute Gasteiger partial charge is 0.337 e. The summed E-state index contributed by atoms with van der Waals surface area (Å²) in [5.74, 6) is 0.861. The van der Waals surface area contributed by atoms with Crippen molar-refractivity contribution >= 4 is 17.7 Å². The predicted octanol–water partition coefficient (Wildman–Crippen LogP) is 4.48. The van der Waals surface area contributed by atoms with E-state index in [9.17, 15) is 9.18 Å². The zero-order valence-electron chi connectivity index (χ0n) is 16.9. The molecule has 5 nitrogen and oxygen atoms in total. The highest BCUT2D eigenvalue weighted by atomic mass is 32.2. The number of halogens is 1. The van der Waals surface area contributed by atoms with Crippen LogP contribution >= 0.6 is 11.8 Å². The SMILES string of the molecule is CC(C)Cn1c(SCC(=O)N(C(C)C)C(C)C)nnc1-c1ccccc1F. The number of rotatable bonds is 8. The first kappa shape index (κ1) is 21.4. The number of thioether (sulfide) groups is 1. The zero-order chi connectivity index (χ0) is 20.1. The van der Waals surface area contributed by atoms with Crippen LogP contribution in [0.15, 0.2) is 29.4 Å². The van der Waals surface area contributed by atoms with Gasteiger partial charge in [0.2, 0.25) is 5.91 Å². The van der Waals surface area contributed by atoms with E-state index in [2.05, 4.69) is 24.0 Å². The van der Waals surface area contributed by atoms with Gasteiger partial charge < -0.3 is 9.47 Å². The van der Waals surface area contributed by atoms with Gasteiger partial charge in [-0.25, -0.2) is 4.39 Å². The summed E-state index contributed by atoms with van der Waals surface area (Å²) in [4.78, 5) is 14.5. The third-order valence-corrected chi connectivity index (χ3v) is 5.06. The molecule has 0 radical (unpaired) electrons. The van der Waals surface area contributed by atoms with E-state index in [-0.39, 0.29) is 29.6 Å². The summed E-state index contributed by atoms with van der Waals surface area (Å²) in [7, 11) is 0. The maximum atomic E-state index is 14.3. The monoisotopic (exact) mass is 392 g/mol. The van der Waals surface area contributed by atoms with Crippen LogP contribution in [0, 0.1) is 11.7 Å². The molecule has 1 aromatic heterocycles. The third kappa shape index (κ3) is 5.31. The van der Waals surface area contributed by atoms with Crippen molar-refractivity contribution in [1.29, 1.82) is 0 Å². The van der Waals surface area contributed by atoms with Gasteiger partial charge in [0.15, 0.2) is 11.0 Å². The van der Waals surface area contributed by atoms with E-state index in [1.54, 1.807) is 18.2 Å². The lowest BCUT2D eigenvalue weighted by molar-refractivity contribution is -0.131. The second-order valence-corrected chi connectivity index (χ2v) is 8.51. The Kier molecular flexibility index (Phi) is 7.41. The van der Waals surface area contributed by atoms with Crippen LogP contribution in [0.25, 0.3) is 11.4 Å². The molecule has 0 aliphatic carbocycles. The van der Waals surface area contributed by atoms with E-state index in [1.807, 2.05) is 37.2 Å². The number of aromatic nitrogens is 3. The van der Waals surface area contributed by atoms with Gasteiger partial charge in [0.25, 0.3) is 0 Å². The average molecular weight is 393 g/mol. The fourth-order valence-electron chi connectivity index (χ4n) is 3.14. The fourth-order valence-corrected chi connectivity index (χ4v) is 3.96. The number of amides is 1. The highest BCUT2D eigenvalue weighted by Gasteiger charge is 2.23. The summed E-state index contributed by atoms with van der Waals surface area (Å²) in [5, 5.41) is 9.11. The number of carbonyl (C=O) groups is 1. The lowest BCUT2D eigenvalue weighted by Crippen LogP contribution is -2.43. The molecular formula is C20H29FN4OS. The molecule has 1 amide bonds. The molecule has 0 saturated heterocycles. The maximum absolute atomic E-state index is 14.3. The summed E-state index contributed by atoms with van der Waals surface area (Å²) in [6.07, 6.45) is 0.